The molecule has 1 aliphatic heterocycles. The fourth-order valence-electron chi connectivity index (χ4n) is 3.19. The second kappa shape index (κ2) is 9.42. The molecule has 0 unspecified atom stereocenters. The molecule has 0 spiro atoms. The van der Waals surface area contributed by atoms with E-state index in [9.17, 15) is 9.59 Å². The highest BCUT2D eigenvalue weighted by Gasteiger charge is 2.32. The minimum absolute atomic E-state index is 0.0925. The molecule has 0 aromatic heterocycles. The lowest BCUT2D eigenvalue weighted by Gasteiger charge is -2.34. The third-order valence-electron chi connectivity index (χ3n) is 4.66. The minimum Gasteiger partial charge on any atom is -0.496 e. The molecule has 1 aromatic carbocycles. The van der Waals surface area contributed by atoms with Crippen LogP contribution < -0.4 is 4.74 Å². The van der Waals surface area contributed by atoms with Crippen LogP contribution in [-0.4, -0.2) is 62.1 Å². The number of likely N-dealkylation sites (tertiary alicyclic amines) is 1. The number of hydrogen-bond acceptors (Lipinski definition) is 4. The van der Waals surface area contributed by atoms with Gasteiger partial charge >= 0.3 is 0 Å². The number of carbonyl (C=O) groups is 2. The molecule has 0 N–H and O–H groups in total. The number of nitrogens with zero attached hydrogens (tertiary/aromatic N) is 2. The van der Waals surface area contributed by atoms with Gasteiger partial charge in [0.05, 0.1) is 19.6 Å². The number of hydrogen-bond donors (Lipinski definition) is 0. The topological polar surface area (TPSA) is 59.1 Å². The highest BCUT2D eigenvalue weighted by Crippen LogP contribution is 2.25. The molecule has 0 bridgehead atoms. The maximum absolute atomic E-state index is 12.8. The van der Waals surface area contributed by atoms with Crippen molar-refractivity contribution in [2.75, 3.05) is 40.5 Å². The first-order valence-corrected chi connectivity index (χ1v) is 8.78. The largest absolute Gasteiger partial charge is 0.496 e. The lowest BCUT2D eigenvalue weighted by Crippen LogP contribution is -2.47. The Bertz CT molecular complexity index is 591. The van der Waals surface area contributed by atoms with Gasteiger partial charge in [-0.25, -0.2) is 0 Å². The molecule has 0 aliphatic carbocycles. The van der Waals surface area contributed by atoms with Gasteiger partial charge in [0.15, 0.2) is 0 Å². The number of piperidine rings is 1. The highest BCUT2D eigenvalue weighted by atomic mass is 16.5. The molecule has 0 radical (unpaired) electrons. The lowest BCUT2D eigenvalue weighted by atomic mass is 9.95. The Morgan fingerprint density at radius 3 is 2.76 bits per heavy atom. The summed E-state index contributed by atoms with van der Waals surface area (Å²) in [6, 6.07) is 7.67. The van der Waals surface area contributed by atoms with E-state index in [0.717, 1.165) is 11.3 Å². The summed E-state index contributed by atoms with van der Waals surface area (Å²) in [5, 5.41) is 0. The number of amides is 2. The average Bonchev–Trinajstić information content (AvgIpc) is 2.64. The molecule has 1 fully saturated rings. The van der Waals surface area contributed by atoms with Crippen molar-refractivity contribution in [3.8, 4) is 5.75 Å². The molecular weight excluding hydrogens is 320 g/mol. The predicted octanol–water partition coefficient (Wildman–Crippen LogP) is 1.93. The van der Waals surface area contributed by atoms with Crippen LogP contribution in [-0.2, 0) is 20.9 Å². The molecule has 1 heterocycles. The number of methoxy groups -OCH3 is 2. The van der Waals surface area contributed by atoms with Gasteiger partial charge in [-0.2, -0.15) is 0 Å². The van der Waals surface area contributed by atoms with E-state index < -0.39 is 0 Å². The predicted molar refractivity (Wildman–Crippen MR) is 95.3 cm³/mol. The van der Waals surface area contributed by atoms with Gasteiger partial charge in [-0.05, 0) is 19.4 Å². The summed E-state index contributed by atoms with van der Waals surface area (Å²) in [7, 11) is 3.25. The van der Waals surface area contributed by atoms with Gasteiger partial charge in [-0.15, -0.1) is 0 Å². The first-order chi connectivity index (χ1) is 12.1. The molecular formula is C19H28N2O4. The van der Waals surface area contributed by atoms with Gasteiger partial charge in [-0.3, -0.25) is 9.59 Å². The minimum atomic E-state index is -0.149. The SMILES string of the molecule is CCN(CCOC)C(=O)[C@H]1CCC(=O)N(Cc2ccccc2OC)C1. The summed E-state index contributed by atoms with van der Waals surface area (Å²) in [6.45, 7) is 4.66. The maximum atomic E-state index is 12.8. The third kappa shape index (κ3) is 4.95. The van der Waals surface area contributed by atoms with Gasteiger partial charge in [-0.1, -0.05) is 18.2 Å². The quantitative estimate of drug-likeness (QED) is 0.720. The van der Waals surface area contributed by atoms with E-state index in [1.165, 1.54) is 0 Å². The molecule has 2 rings (SSSR count). The van der Waals surface area contributed by atoms with Crippen molar-refractivity contribution in [1.29, 1.82) is 0 Å². The maximum Gasteiger partial charge on any atom is 0.227 e. The van der Waals surface area contributed by atoms with Crippen molar-refractivity contribution in [2.45, 2.75) is 26.3 Å². The number of carbonyl (C=O) groups excluding carboxylic acids is 2. The molecule has 2 amide bonds. The number of likely N-dealkylation sites (N-methyl/N-ethyl adjacent to an activating group) is 1. The monoisotopic (exact) mass is 348 g/mol. The molecule has 1 atom stereocenters. The normalized spacial score (nSPS) is 17.5. The summed E-state index contributed by atoms with van der Waals surface area (Å²) in [6.07, 6.45) is 1.02. The summed E-state index contributed by atoms with van der Waals surface area (Å²) >= 11 is 0. The summed E-state index contributed by atoms with van der Waals surface area (Å²) < 4.78 is 10.5. The van der Waals surface area contributed by atoms with E-state index >= 15 is 0 Å². The fraction of sp³-hybridized carbons (Fsp3) is 0.579. The molecule has 1 aliphatic rings. The van der Waals surface area contributed by atoms with Gasteiger partial charge in [0.1, 0.15) is 5.75 Å². The van der Waals surface area contributed by atoms with Crippen LogP contribution in [0.15, 0.2) is 24.3 Å². The fourth-order valence-corrected chi connectivity index (χ4v) is 3.19. The number of rotatable bonds is 8. The van der Waals surface area contributed by atoms with E-state index in [1.54, 1.807) is 19.1 Å². The zero-order chi connectivity index (χ0) is 18.2. The van der Waals surface area contributed by atoms with Crippen LogP contribution in [0.2, 0.25) is 0 Å². The van der Waals surface area contributed by atoms with Crippen LogP contribution in [0.3, 0.4) is 0 Å². The Morgan fingerprint density at radius 2 is 2.08 bits per heavy atom. The van der Waals surface area contributed by atoms with Gasteiger partial charge in [0, 0.05) is 45.3 Å². The van der Waals surface area contributed by atoms with Crippen molar-refractivity contribution in [1.82, 2.24) is 9.80 Å². The average molecular weight is 348 g/mol. The van der Waals surface area contributed by atoms with E-state index in [2.05, 4.69) is 0 Å². The number of ether oxygens (including phenoxy) is 2. The Hall–Kier alpha value is -2.08. The van der Waals surface area contributed by atoms with Crippen molar-refractivity contribution < 1.29 is 19.1 Å². The van der Waals surface area contributed by atoms with Crippen molar-refractivity contribution in [3.63, 3.8) is 0 Å². The molecule has 1 saturated heterocycles. The van der Waals surface area contributed by atoms with Gasteiger partial charge < -0.3 is 19.3 Å². The molecule has 138 valence electrons. The molecule has 25 heavy (non-hydrogen) atoms. The second-order valence-corrected chi connectivity index (χ2v) is 6.23. The van der Waals surface area contributed by atoms with Crippen molar-refractivity contribution in [2.24, 2.45) is 5.92 Å². The van der Waals surface area contributed by atoms with Crippen LogP contribution >= 0.6 is 0 Å². The third-order valence-corrected chi connectivity index (χ3v) is 4.66. The van der Waals surface area contributed by atoms with Crippen LogP contribution in [0.5, 0.6) is 5.75 Å². The zero-order valence-corrected chi connectivity index (χ0v) is 15.4. The molecule has 6 heteroatoms. The van der Waals surface area contributed by atoms with Gasteiger partial charge in [0.25, 0.3) is 0 Å². The van der Waals surface area contributed by atoms with Gasteiger partial charge in [0.2, 0.25) is 11.8 Å². The van der Waals surface area contributed by atoms with E-state index in [1.807, 2.05) is 36.1 Å². The second-order valence-electron chi connectivity index (χ2n) is 6.23. The Balaban J connectivity index is 2.05. The van der Waals surface area contributed by atoms with Crippen LogP contribution in [0.4, 0.5) is 0 Å². The molecule has 0 saturated carbocycles. The van der Waals surface area contributed by atoms with Crippen LogP contribution in [0.1, 0.15) is 25.3 Å². The summed E-state index contributed by atoms with van der Waals surface area (Å²) in [4.78, 5) is 28.7. The van der Waals surface area contributed by atoms with E-state index in [0.29, 0.717) is 45.6 Å². The van der Waals surface area contributed by atoms with Crippen LogP contribution in [0.25, 0.3) is 0 Å². The molecule has 1 aromatic rings. The van der Waals surface area contributed by atoms with Crippen molar-refractivity contribution >= 4 is 11.8 Å². The Kier molecular flexibility index (Phi) is 7.25. The Morgan fingerprint density at radius 1 is 1.32 bits per heavy atom. The Labute approximate surface area is 149 Å². The smallest absolute Gasteiger partial charge is 0.227 e. The standard InChI is InChI=1S/C19H28N2O4/c1-4-20(11-12-24-2)19(23)16-9-10-18(22)21(14-16)13-15-7-5-6-8-17(15)25-3/h5-8,16H,4,9-14H2,1-3H3/t16-/m0/s1. The van der Waals surface area contributed by atoms with Crippen molar-refractivity contribution in [3.05, 3.63) is 29.8 Å². The lowest BCUT2D eigenvalue weighted by molar-refractivity contribution is -0.143. The van der Waals surface area contributed by atoms with E-state index in [4.69, 9.17) is 9.47 Å². The summed E-state index contributed by atoms with van der Waals surface area (Å²) in [5.74, 6) is 0.815. The zero-order valence-electron chi connectivity index (χ0n) is 15.4. The summed E-state index contributed by atoms with van der Waals surface area (Å²) in [5.41, 5.74) is 0.957. The first kappa shape index (κ1) is 19.2. The van der Waals surface area contributed by atoms with E-state index in [-0.39, 0.29) is 17.7 Å². The highest BCUT2D eigenvalue weighted by molar-refractivity contribution is 5.84. The number of benzene rings is 1. The number of para-hydroxylation sites is 1. The molecule has 6 nitrogen and oxygen atoms in total. The first-order valence-electron chi connectivity index (χ1n) is 8.78. The van der Waals surface area contributed by atoms with Crippen LogP contribution in [0, 0.1) is 5.92 Å².